The predicted molar refractivity (Wildman–Crippen MR) is 73.2 cm³/mol. The third-order valence-electron chi connectivity index (χ3n) is 2.30. The van der Waals surface area contributed by atoms with Crippen LogP contribution in [0.4, 0.5) is 0 Å². The second kappa shape index (κ2) is 5.62. The van der Waals surface area contributed by atoms with E-state index in [1.54, 1.807) is 17.5 Å². The Morgan fingerprint density at radius 2 is 2.35 bits per heavy atom. The monoisotopic (exact) mass is 312 g/mol. The second-order valence-corrected chi connectivity index (χ2v) is 5.58. The Labute approximate surface area is 113 Å². The summed E-state index contributed by atoms with van der Waals surface area (Å²) in [4.78, 5) is 4.18. The van der Waals surface area contributed by atoms with E-state index in [4.69, 9.17) is 10.5 Å². The fourth-order valence-corrected chi connectivity index (χ4v) is 2.38. The first kappa shape index (κ1) is 12.5. The van der Waals surface area contributed by atoms with E-state index in [1.807, 2.05) is 30.5 Å². The largest absolute Gasteiger partial charge is 0.486 e. The molecule has 1 heterocycles. The van der Waals surface area contributed by atoms with Crippen LogP contribution < -0.4 is 10.5 Å². The minimum Gasteiger partial charge on any atom is -0.486 e. The van der Waals surface area contributed by atoms with Gasteiger partial charge < -0.3 is 10.5 Å². The lowest BCUT2D eigenvalue weighted by Gasteiger charge is -2.13. The van der Waals surface area contributed by atoms with Gasteiger partial charge in [-0.25, -0.2) is 4.98 Å². The van der Waals surface area contributed by atoms with Gasteiger partial charge in [0.25, 0.3) is 0 Å². The number of nitrogens with two attached hydrogens (primary N) is 1. The van der Waals surface area contributed by atoms with Crippen LogP contribution in [-0.2, 0) is 6.61 Å². The summed E-state index contributed by atoms with van der Waals surface area (Å²) < 4.78 is 6.75. The minimum atomic E-state index is -0.0567. The maximum absolute atomic E-state index is 5.92. The highest BCUT2D eigenvalue weighted by Crippen LogP contribution is 2.28. The molecule has 0 aliphatic rings. The lowest BCUT2D eigenvalue weighted by Crippen LogP contribution is -2.08. The molecule has 0 spiro atoms. The van der Waals surface area contributed by atoms with Gasteiger partial charge in [-0.05, 0) is 25.1 Å². The molecule has 2 rings (SSSR count). The van der Waals surface area contributed by atoms with E-state index >= 15 is 0 Å². The van der Waals surface area contributed by atoms with Crippen molar-refractivity contribution in [2.75, 3.05) is 0 Å². The minimum absolute atomic E-state index is 0.0567. The molecular weight excluding hydrogens is 300 g/mol. The molecule has 0 saturated carbocycles. The molecule has 1 aromatic heterocycles. The molecule has 3 nitrogen and oxygen atoms in total. The van der Waals surface area contributed by atoms with Crippen molar-refractivity contribution in [2.24, 2.45) is 5.73 Å². The molecular formula is C12H13BrN2OS. The molecule has 1 unspecified atom stereocenters. The van der Waals surface area contributed by atoms with Crippen LogP contribution in [0.5, 0.6) is 5.75 Å². The molecule has 0 fully saturated rings. The van der Waals surface area contributed by atoms with Crippen LogP contribution in [0.2, 0.25) is 0 Å². The molecule has 1 aromatic carbocycles. The summed E-state index contributed by atoms with van der Waals surface area (Å²) >= 11 is 5.02. The third kappa shape index (κ3) is 3.28. The van der Waals surface area contributed by atoms with Crippen LogP contribution in [0, 0.1) is 0 Å². The van der Waals surface area contributed by atoms with Crippen LogP contribution in [-0.4, -0.2) is 4.98 Å². The number of halogens is 1. The van der Waals surface area contributed by atoms with Gasteiger partial charge >= 0.3 is 0 Å². The van der Waals surface area contributed by atoms with E-state index in [0.717, 1.165) is 20.8 Å². The van der Waals surface area contributed by atoms with E-state index < -0.39 is 0 Å². The molecule has 0 amide bonds. The average molecular weight is 313 g/mol. The summed E-state index contributed by atoms with van der Waals surface area (Å²) in [6.07, 6.45) is 1.78. The smallest absolute Gasteiger partial charge is 0.140 e. The highest BCUT2D eigenvalue weighted by Gasteiger charge is 2.09. The standard InChI is InChI=1S/C12H13BrN2OS/c1-8(14)10-6-9(13)2-3-11(10)16-7-12-15-4-5-17-12/h2-6,8H,7,14H2,1H3. The zero-order valence-electron chi connectivity index (χ0n) is 9.39. The van der Waals surface area contributed by atoms with E-state index in [1.165, 1.54) is 0 Å². The maximum atomic E-state index is 5.92. The second-order valence-electron chi connectivity index (χ2n) is 3.69. The molecule has 17 heavy (non-hydrogen) atoms. The Hall–Kier alpha value is -0.910. The van der Waals surface area contributed by atoms with Gasteiger partial charge in [0.1, 0.15) is 17.4 Å². The van der Waals surface area contributed by atoms with Crippen molar-refractivity contribution >= 4 is 27.3 Å². The first-order valence-corrected chi connectivity index (χ1v) is 6.90. The van der Waals surface area contributed by atoms with Crippen LogP contribution >= 0.6 is 27.3 Å². The van der Waals surface area contributed by atoms with Gasteiger partial charge in [0, 0.05) is 27.7 Å². The van der Waals surface area contributed by atoms with Crippen molar-refractivity contribution in [3.63, 3.8) is 0 Å². The quantitative estimate of drug-likeness (QED) is 0.940. The number of benzene rings is 1. The molecule has 0 radical (unpaired) electrons. The topological polar surface area (TPSA) is 48.1 Å². The number of aromatic nitrogens is 1. The first-order valence-electron chi connectivity index (χ1n) is 5.23. The Bertz CT molecular complexity index is 485. The predicted octanol–water partition coefficient (Wildman–Crippen LogP) is 3.50. The normalized spacial score (nSPS) is 12.4. The summed E-state index contributed by atoms with van der Waals surface area (Å²) in [5, 5.41) is 2.90. The van der Waals surface area contributed by atoms with Gasteiger partial charge in [-0.2, -0.15) is 0 Å². The molecule has 0 aliphatic carbocycles. The van der Waals surface area contributed by atoms with E-state index in [-0.39, 0.29) is 6.04 Å². The number of nitrogens with zero attached hydrogens (tertiary/aromatic N) is 1. The van der Waals surface area contributed by atoms with E-state index in [9.17, 15) is 0 Å². The maximum Gasteiger partial charge on any atom is 0.140 e. The Balaban J connectivity index is 2.14. The summed E-state index contributed by atoms with van der Waals surface area (Å²) in [6.45, 7) is 2.43. The summed E-state index contributed by atoms with van der Waals surface area (Å²) in [5.41, 5.74) is 6.91. The van der Waals surface area contributed by atoms with Crippen molar-refractivity contribution in [1.29, 1.82) is 0 Å². The number of ether oxygens (including phenoxy) is 1. The lowest BCUT2D eigenvalue weighted by molar-refractivity contribution is 0.301. The fourth-order valence-electron chi connectivity index (χ4n) is 1.47. The highest BCUT2D eigenvalue weighted by atomic mass is 79.9. The number of thiazole rings is 1. The van der Waals surface area contributed by atoms with Crippen molar-refractivity contribution in [3.8, 4) is 5.75 Å². The van der Waals surface area contributed by atoms with Gasteiger partial charge in [0.2, 0.25) is 0 Å². The van der Waals surface area contributed by atoms with Crippen LogP contribution in [0.25, 0.3) is 0 Å². The Morgan fingerprint density at radius 1 is 1.53 bits per heavy atom. The summed E-state index contributed by atoms with van der Waals surface area (Å²) in [5.74, 6) is 0.818. The van der Waals surface area contributed by atoms with Gasteiger partial charge in [0.15, 0.2) is 0 Å². The van der Waals surface area contributed by atoms with Gasteiger partial charge in [0.05, 0.1) is 0 Å². The molecule has 90 valence electrons. The Kier molecular flexibility index (Phi) is 4.15. The Morgan fingerprint density at radius 3 is 3.00 bits per heavy atom. The molecule has 5 heteroatoms. The van der Waals surface area contributed by atoms with E-state index in [0.29, 0.717) is 6.61 Å². The van der Waals surface area contributed by atoms with E-state index in [2.05, 4.69) is 20.9 Å². The van der Waals surface area contributed by atoms with Crippen molar-refractivity contribution in [3.05, 3.63) is 44.8 Å². The highest BCUT2D eigenvalue weighted by molar-refractivity contribution is 9.10. The summed E-state index contributed by atoms with van der Waals surface area (Å²) in [7, 11) is 0. The molecule has 2 N–H and O–H groups in total. The lowest BCUT2D eigenvalue weighted by atomic mass is 10.1. The van der Waals surface area contributed by atoms with Crippen LogP contribution in [0.15, 0.2) is 34.2 Å². The molecule has 0 aliphatic heterocycles. The van der Waals surface area contributed by atoms with Gasteiger partial charge in [-0.1, -0.05) is 15.9 Å². The van der Waals surface area contributed by atoms with Gasteiger partial charge in [-0.3, -0.25) is 0 Å². The summed E-state index contributed by atoms with van der Waals surface area (Å²) in [6, 6.07) is 5.81. The number of hydrogen-bond donors (Lipinski definition) is 1. The van der Waals surface area contributed by atoms with Crippen LogP contribution in [0.3, 0.4) is 0 Å². The van der Waals surface area contributed by atoms with Gasteiger partial charge in [-0.15, -0.1) is 11.3 Å². The number of hydrogen-bond acceptors (Lipinski definition) is 4. The molecule has 0 bridgehead atoms. The SMILES string of the molecule is CC(N)c1cc(Br)ccc1OCc1nccs1. The number of rotatable bonds is 4. The zero-order valence-corrected chi connectivity index (χ0v) is 11.8. The molecule has 0 saturated heterocycles. The third-order valence-corrected chi connectivity index (χ3v) is 3.54. The fraction of sp³-hybridized carbons (Fsp3) is 0.250. The average Bonchev–Trinajstić information content (AvgIpc) is 2.80. The van der Waals surface area contributed by atoms with Crippen LogP contribution in [0.1, 0.15) is 23.5 Å². The first-order chi connectivity index (χ1) is 8.16. The molecule has 2 aromatic rings. The zero-order chi connectivity index (χ0) is 12.3. The van der Waals surface area contributed by atoms with Crippen molar-refractivity contribution < 1.29 is 4.74 Å². The van der Waals surface area contributed by atoms with Crippen molar-refractivity contribution in [2.45, 2.75) is 19.6 Å². The van der Waals surface area contributed by atoms with Crippen molar-refractivity contribution in [1.82, 2.24) is 4.98 Å². The molecule has 1 atom stereocenters.